The van der Waals surface area contributed by atoms with Gasteiger partial charge in [-0.15, -0.1) is 56.7 Å². The third kappa shape index (κ3) is 29.8. The zero-order valence-electron chi connectivity index (χ0n) is 81.3. The van der Waals surface area contributed by atoms with Gasteiger partial charge < -0.3 is 78.2 Å². The van der Waals surface area contributed by atoms with E-state index in [1.54, 1.807) is 135 Å². The number of nitrogen functional groups attached to an aromatic ring is 2. The second kappa shape index (κ2) is 54.2. The monoisotopic (exact) mass is 2600 g/mol. The Bertz CT molecular complexity index is 8150. The fourth-order valence-electron chi connectivity index (χ4n) is 13.7. The maximum absolute atomic E-state index is 12.7. The number of nitrogens with one attached hydrogen (secondary N) is 4. The molecule has 5 aromatic carbocycles. The molecule has 17 aromatic rings. The normalized spacial score (nSPS) is 12.0. The third-order valence-corrected chi connectivity index (χ3v) is 29.8. The number of rotatable bonds is 26. The van der Waals surface area contributed by atoms with Crippen molar-refractivity contribution in [2.45, 2.75) is 115 Å². The maximum atomic E-state index is 12.7. The zero-order valence-corrected chi connectivity index (χ0v) is 98.4. The predicted molar refractivity (Wildman–Crippen MR) is 603 cm³/mol. The number of halogens is 9. The molecule has 35 nitrogen and oxygen atoms in total. The number of methoxy groups -OCH3 is 5. The van der Waals surface area contributed by atoms with Crippen LogP contribution in [0.25, 0.3) is 106 Å². The van der Waals surface area contributed by atoms with Crippen LogP contribution in [0.2, 0.25) is 5.02 Å². The first-order chi connectivity index (χ1) is 70.6. The molecule has 1 unspecified atom stereocenters. The quantitative estimate of drug-likeness (QED) is 0.00964. The number of aldehydes is 1. The van der Waals surface area contributed by atoms with Crippen molar-refractivity contribution in [2.24, 2.45) is 29.6 Å². The SMILES string of the molecule is C.CC(C)C(=O)Nc1nc(C=O)cs1.COc1ccc2oc(C(=O)/C=C/c3csc(NC(=O)C(C)C)n3)c(N)c2c1Br.COc1ccc2oc(C(C)=O)c(N)c2c1Br.COc1ccc2oc3c(=O)cc(-c4csc(CC(=O)C(C)C)n4)[nH]c3c2c1Br.COc1ccc2oc3c(Cl)cc(-c4csc(CC(=O)C(C)C)n4)nc3c2c1Br.COc1ccc2oc3c(c2c1Br)NC(c1csc(CC(=O)C(C)C)n1)CC3=O.O=P(Cl)(Cl)Cl.[O]=[Mn]=[O]. The topological polar surface area (TPSA) is 515 Å². The third-order valence-electron chi connectivity index (χ3n) is 21.5. The number of nitrogens with zero attached hydrogens (tertiary/aromatic N) is 6. The minimum absolute atomic E-state index is 0. The number of furan rings is 5. The number of aromatic nitrogens is 7. The second-order valence-electron chi connectivity index (χ2n) is 33.3. The summed E-state index contributed by atoms with van der Waals surface area (Å²) < 4.78 is 84.8. The van der Waals surface area contributed by atoms with Crippen molar-refractivity contribution < 1.29 is 116 Å². The summed E-state index contributed by atoms with van der Waals surface area (Å²) in [5.41, 5.74) is 22.1. The average Bonchev–Trinajstić information content (AvgIpc) is 1.59. The molecule has 0 radical (unpaired) electrons. The molecule has 0 saturated carbocycles. The van der Waals surface area contributed by atoms with Crippen molar-refractivity contribution in [2.75, 3.05) is 63.0 Å². The van der Waals surface area contributed by atoms with Gasteiger partial charge in [-0.3, -0.25) is 52.5 Å². The number of fused-ring (bicyclic) bond motifs is 11. The van der Waals surface area contributed by atoms with Crippen molar-refractivity contribution in [1.29, 1.82) is 0 Å². The predicted octanol–water partition coefficient (Wildman–Crippen LogP) is 28.9. The van der Waals surface area contributed by atoms with E-state index in [0.29, 0.717) is 190 Å². The van der Waals surface area contributed by atoms with Gasteiger partial charge in [0.05, 0.1) is 172 Å². The molecule has 1 aliphatic heterocycles. The summed E-state index contributed by atoms with van der Waals surface area (Å²) in [5, 5.41) is 21.7. The molecule has 13 heterocycles. The first-order valence-corrected chi connectivity index (χ1v) is 58.2. The van der Waals surface area contributed by atoms with Gasteiger partial charge in [0.15, 0.2) is 50.8 Å². The number of nitrogens with two attached hydrogens (primary N) is 2. The number of H-pyrrole nitrogens is 1. The number of thiazole rings is 5. The van der Waals surface area contributed by atoms with Crippen LogP contribution >= 0.6 is 187 Å². The summed E-state index contributed by atoms with van der Waals surface area (Å²) in [4.78, 5) is 148. The van der Waals surface area contributed by atoms with Crippen LogP contribution in [0, 0.1) is 29.6 Å². The average molecular weight is 2610 g/mol. The Balaban J connectivity index is 0.000000184. The van der Waals surface area contributed by atoms with Crippen molar-refractivity contribution in [1.82, 2.24) is 34.9 Å². The zero-order chi connectivity index (χ0) is 109. The molecule has 0 fully saturated rings. The van der Waals surface area contributed by atoms with E-state index in [4.69, 9.17) is 81.5 Å². The molecule has 0 spiro atoms. The number of carbonyl (C=O) groups excluding carboxylic acids is 9. The number of amides is 2. The summed E-state index contributed by atoms with van der Waals surface area (Å²) in [6.07, 6.45) is 4.74. The van der Waals surface area contributed by atoms with E-state index in [0.717, 1.165) is 45.8 Å². The number of benzene rings is 5. The standard InChI is InChI=1S/C20H16BrClN2O3S.C20H19BrN2O4S.C20H17BrN2O4S.C19H18BrN3O4S.C11H10BrNO3.C8H10N2O2S.CH4.Cl3OP.Mn.2O/c1-9(2)13(25)7-16-23-12(8-28-16)11-6-10(22)20-19(24-11)17-14(27-20)4-5-15(26-3)18(17)21;2*1-9(2)12(24)7-16-22-11(8-28-16)10-6-13(25)20-19(23-10)17-14(27-20)4-5-15(26-3)18(17)21;1-9(2)18(25)23-19-22-10(8-28-19)4-5-11(24)17-16(21)14-12(27-17)6-7-13(26-3)15(14)20;1-5(14)11-10(13)8-6(16-11)3-4-7(15-2)9(8)12;1-5(2)7(12)10-8-9-6(3-11)4-13-8;;1-5(2,3)4;;;/h4-6,8-9H,7H2,1-3H3;4-5,8-10,23H,6-7H2,1-3H3;4-6,8-9H,7H2,1-3H3,(H,23,25);4-9H,21H2,1-3H3,(H,22,23,25);3-4H,13H2,1-2H3;3-5H,1-2H3,(H,9,10,12);1H4;;;;/b;;;5-4+;;;;;;;. The van der Waals surface area contributed by atoms with E-state index < -0.39 is 20.0 Å². The summed E-state index contributed by atoms with van der Waals surface area (Å²) in [7, 11) is 7.89. The molecule has 18 rings (SSSR count). The molecule has 1 atom stereocenters. The van der Waals surface area contributed by atoms with Crippen LogP contribution in [-0.4, -0.2) is 123 Å². The van der Waals surface area contributed by atoms with Gasteiger partial charge in [0.2, 0.25) is 28.8 Å². The Kier molecular flexibility index (Phi) is 43.7. The van der Waals surface area contributed by atoms with Crippen LogP contribution in [0.15, 0.2) is 155 Å². The fourth-order valence-corrected chi connectivity index (χ4v) is 21.2. The first-order valence-electron chi connectivity index (χ1n) is 44.0. The van der Waals surface area contributed by atoms with Crippen molar-refractivity contribution in [3.63, 3.8) is 0 Å². The van der Waals surface area contributed by atoms with Crippen molar-refractivity contribution >= 4 is 350 Å². The summed E-state index contributed by atoms with van der Waals surface area (Å²) >= 11 is 43.2. The van der Waals surface area contributed by atoms with E-state index in [2.05, 4.69) is 159 Å². The van der Waals surface area contributed by atoms with Gasteiger partial charge in [-0.2, -0.15) is 0 Å². The Morgan fingerprint density at radius 3 is 1.37 bits per heavy atom. The molecule has 0 saturated heterocycles. The number of hydrogen-bond donors (Lipinski definition) is 6. The van der Waals surface area contributed by atoms with E-state index in [1.165, 1.54) is 75.8 Å². The number of allylic oxidation sites excluding steroid dienone is 1. The number of aromatic amines is 1. The number of hydrogen-bond acceptors (Lipinski definition) is 37. The van der Waals surface area contributed by atoms with E-state index in [1.807, 2.05) is 69.8 Å². The van der Waals surface area contributed by atoms with Crippen LogP contribution in [0.5, 0.6) is 28.7 Å². The molecule has 12 aromatic heterocycles. The van der Waals surface area contributed by atoms with Crippen molar-refractivity contribution in [3.8, 4) is 51.5 Å². The summed E-state index contributed by atoms with van der Waals surface area (Å²) in [6.45, 7) is 19.9. The molecule has 1 aliphatic rings. The van der Waals surface area contributed by atoms with Gasteiger partial charge in [0.1, 0.15) is 100 Å². The van der Waals surface area contributed by atoms with Crippen LogP contribution in [0.3, 0.4) is 0 Å². The second-order valence-corrected chi connectivity index (χ2v) is 49.1. The molecule has 793 valence electrons. The Morgan fingerprint density at radius 1 is 0.513 bits per heavy atom. The molecule has 150 heavy (non-hydrogen) atoms. The van der Waals surface area contributed by atoms with Crippen LogP contribution in [0.4, 0.5) is 27.3 Å². The number of anilines is 5. The van der Waals surface area contributed by atoms with Crippen molar-refractivity contribution in [3.05, 3.63) is 193 Å². The van der Waals surface area contributed by atoms with Gasteiger partial charge in [0, 0.05) is 75.9 Å². The van der Waals surface area contributed by atoms with Gasteiger partial charge in [-0.05, 0) is 192 Å². The van der Waals surface area contributed by atoms with Crippen LogP contribution in [-0.2, 0) is 70.3 Å². The molecule has 2 amide bonds. The number of ether oxygens (including phenoxy) is 5. The molecule has 0 aliphatic carbocycles. The Hall–Kier alpha value is -10.8. The molecular weight excluding hydrogens is 2510 g/mol. The van der Waals surface area contributed by atoms with Crippen LogP contribution < -0.4 is 56.5 Å². The van der Waals surface area contributed by atoms with E-state index >= 15 is 0 Å². The minimum atomic E-state index is -3.22. The van der Waals surface area contributed by atoms with Gasteiger partial charge in [-0.25, -0.2) is 29.9 Å². The molecule has 51 heteroatoms. The van der Waals surface area contributed by atoms with Gasteiger partial charge >= 0.3 is 27.7 Å². The number of carbonyl (C=O) groups is 9. The number of Topliss-reactive ketones (excluding diaryl/α,β-unsaturated/α-hetero) is 5. The Morgan fingerprint density at radius 2 is 0.913 bits per heavy atom. The fraction of sp³-hybridized carbons (Fsp3) is 0.273. The van der Waals surface area contributed by atoms with E-state index in [-0.39, 0.29) is 124 Å². The summed E-state index contributed by atoms with van der Waals surface area (Å²) in [5.74, 6) is 3.10. The summed E-state index contributed by atoms with van der Waals surface area (Å²) in [6, 6.07) is 20.6. The first kappa shape index (κ1) is 121. The molecular formula is C99H94Br5Cl4MnN12O23PS5. The van der Waals surface area contributed by atoms with Gasteiger partial charge in [-0.1, -0.05) is 88.3 Å². The molecule has 8 N–H and O–H groups in total. The van der Waals surface area contributed by atoms with Crippen LogP contribution in [0.1, 0.15) is 165 Å². The van der Waals surface area contributed by atoms with E-state index in [9.17, 15) is 52.5 Å². The number of pyridine rings is 2. The number of ketones is 6. The Labute approximate surface area is 943 Å². The molecule has 0 bridgehead atoms. The van der Waals surface area contributed by atoms with Gasteiger partial charge in [0.25, 0.3) is 0 Å².